The number of aliphatic hydroxyl groups is 1. The van der Waals surface area contributed by atoms with Gasteiger partial charge in [0.05, 0.1) is 11.1 Å². The number of nitrogens with two attached hydrogens (primary N) is 1. The summed E-state index contributed by atoms with van der Waals surface area (Å²) in [5.74, 6) is 0.777. The molecule has 1 aromatic rings. The number of piperidine rings is 1. The summed E-state index contributed by atoms with van der Waals surface area (Å²) in [5.41, 5.74) is 10.4. The van der Waals surface area contributed by atoms with E-state index in [1.165, 1.54) is 42.5 Å². The highest BCUT2D eigenvalue weighted by atomic mass is 19.1. The standard InChI is InChI=1S/C31H43FN4O/c1-34-13-3-5-27(34)23-4-2-14-36(19-23)30-10-11-31(37,18-28(30)33)26(17-30)22-6-8-24(9-7-22)29-16-25(29)20-35(21-29)15-12-32/h2,4,6-9,19,25-28,37H,3,5,10-18,20-21,33H2,1H3/t25-,26?,27?,28?,29+,30?,31?/m0/s1. The second kappa shape index (κ2) is 8.64. The highest BCUT2D eigenvalue weighted by Gasteiger charge is 2.61. The van der Waals surface area contributed by atoms with E-state index in [-0.39, 0.29) is 29.6 Å². The molecule has 3 N–H and O–H groups in total. The van der Waals surface area contributed by atoms with Crippen LogP contribution in [-0.4, -0.2) is 89.5 Å². The number of hydrogen-bond donors (Lipinski definition) is 2. The minimum Gasteiger partial charge on any atom is -0.389 e. The van der Waals surface area contributed by atoms with Crippen LogP contribution in [0, 0.1) is 5.92 Å². The summed E-state index contributed by atoms with van der Waals surface area (Å²) in [6.45, 7) is 4.39. The number of rotatable bonds is 6. The van der Waals surface area contributed by atoms with Crippen LogP contribution in [0.1, 0.15) is 62.0 Å². The summed E-state index contributed by atoms with van der Waals surface area (Å²) >= 11 is 0. The maximum absolute atomic E-state index is 12.9. The molecular weight excluding hydrogens is 463 g/mol. The maximum atomic E-state index is 12.9. The molecule has 4 saturated carbocycles. The molecule has 4 aliphatic carbocycles. The largest absolute Gasteiger partial charge is 0.389 e. The second-order valence-electron chi connectivity index (χ2n) is 13.2. The normalized spacial score (nSPS) is 43.4. The molecule has 0 aromatic heterocycles. The quantitative estimate of drug-likeness (QED) is 0.618. The van der Waals surface area contributed by atoms with Crippen LogP contribution in [0.25, 0.3) is 0 Å². The van der Waals surface area contributed by atoms with Crippen LogP contribution in [0.15, 0.2) is 48.2 Å². The first-order chi connectivity index (χ1) is 17.9. The van der Waals surface area contributed by atoms with E-state index in [9.17, 15) is 9.50 Å². The van der Waals surface area contributed by atoms with Crippen molar-refractivity contribution in [2.75, 3.05) is 46.4 Å². The molecule has 7 aliphatic rings. The SMILES string of the molecule is CN1CCCC1C1=CN(C23CCC(O)(CC2N)C(c2ccc([C@]45C[C@H]4CN(CCF)C5)cc2)C3)CC=C1. The molecule has 2 bridgehead atoms. The lowest BCUT2D eigenvalue weighted by atomic mass is 9.54. The van der Waals surface area contributed by atoms with Crippen molar-refractivity contribution in [3.8, 4) is 0 Å². The van der Waals surface area contributed by atoms with Gasteiger partial charge in [-0.15, -0.1) is 0 Å². The zero-order chi connectivity index (χ0) is 25.4. The fourth-order valence-electron chi connectivity index (χ4n) is 9.09. The molecule has 8 rings (SSSR count). The summed E-state index contributed by atoms with van der Waals surface area (Å²) in [6, 6.07) is 9.66. The third kappa shape index (κ3) is 3.70. The van der Waals surface area contributed by atoms with Crippen molar-refractivity contribution < 1.29 is 9.50 Å². The molecule has 5 unspecified atom stereocenters. The number of alkyl halides is 1. The van der Waals surface area contributed by atoms with E-state index in [1.54, 1.807) is 0 Å². The Kier molecular flexibility index (Phi) is 5.68. The van der Waals surface area contributed by atoms with Crippen LogP contribution in [0.2, 0.25) is 0 Å². The number of hydrogen-bond acceptors (Lipinski definition) is 5. The summed E-state index contributed by atoms with van der Waals surface area (Å²) < 4.78 is 12.9. The van der Waals surface area contributed by atoms with Crippen molar-refractivity contribution in [1.82, 2.24) is 14.7 Å². The van der Waals surface area contributed by atoms with Gasteiger partial charge in [-0.1, -0.05) is 36.4 Å². The van der Waals surface area contributed by atoms with Crippen LogP contribution in [-0.2, 0) is 5.41 Å². The lowest BCUT2D eigenvalue weighted by molar-refractivity contribution is -0.126. The third-order valence-electron chi connectivity index (χ3n) is 11.4. The minimum absolute atomic E-state index is 0.0295. The number of fused-ring (bicyclic) bond motifs is 4. The van der Waals surface area contributed by atoms with E-state index in [2.05, 4.69) is 64.4 Å². The highest BCUT2D eigenvalue weighted by Crippen LogP contribution is 2.60. The van der Waals surface area contributed by atoms with Crippen LogP contribution in [0.5, 0.6) is 0 Å². The number of nitrogens with zero attached hydrogens (tertiary/aromatic N) is 3. The van der Waals surface area contributed by atoms with Crippen molar-refractivity contribution in [3.05, 3.63) is 59.3 Å². The Labute approximate surface area is 221 Å². The first-order valence-corrected chi connectivity index (χ1v) is 14.6. The molecule has 7 atom stereocenters. The molecular formula is C31H43FN4O. The van der Waals surface area contributed by atoms with Gasteiger partial charge in [0, 0.05) is 55.8 Å². The fourth-order valence-corrected chi connectivity index (χ4v) is 9.09. The monoisotopic (exact) mass is 506 g/mol. The fraction of sp³-hybridized carbons (Fsp3) is 0.677. The molecule has 1 aromatic carbocycles. The van der Waals surface area contributed by atoms with Gasteiger partial charge in [-0.25, -0.2) is 4.39 Å². The first-order valence-electron chi connectivity index (χ1n) is 14.6. The molecule has 2 saturated heterocycles. The molecule has 0 radical (unpaired) electrons. The minimum atomic E-state index is -0.724. The Morgan fingerprint density at radius 3 is 2.70 bits per heavy atom. The third-order valence-corrected chi connectivity index (χ3v) is 11.4. The Hall–Kier alpha value is -1.73. The van der Waals surface area contributed by atoms with Crippen molar-refractivity contribution >= 4 is 0 Å². The number of likely N-dealkylation sites (tertiary alicyclic amines) is 2. The molecule has 6 fully saturated rings. The summed E-state index contributed by atoms with van der Waals surface area (Å²) in [7, 11) is 2.24. The number of likely N-dealkylation sites (N-methyl/N-ethyl adjacent to an activating group) is 1. The number of benzene rings is 1. The van der Waals surface area contributed by atoms with Gasteiger partial charge >= 0.3 is 0 Å². The molecule has 3 aliphatic heterocycles. The molecule has 37 heavy (non-hydrogen) atoms. The second-order valence-corrected chi connectivity index (χ2v) is 13.2. The van der Waals surface area contributed by atoms with E-state index in [0.717, 1.165) is 38.9 Å². The lowest BCUT2D eigenvalue weighted by Crippen LogP contribution is -2.70. The van der Waals surface area contributed by atoms with E-state index in [1.807, 2.05) is 0 Å². The zero-order valence-electron chi connectivity index (χ0n) is 22.3. The summed E-state index contributed by atoms with van der Waals surface area (Å²) in [4.78, 5) is 7.31. The predicted octanol–water partition coefficient (Wildman–Crippen LogP) is 3.55. The van der Waals surface area contributed by atoms with Gasteiger partial charge in [-0.3, -0.25) is 9.80 Å². The number of halogens is 1. The molecule has 5 nitrogen and oxygen atoms in total. The summed E-state index contributed by atoms with van der Waals surface area (Å²) in [6.07, 6.45) is 14.1. The smallest absolute Gasteiger partial charge is 0.102 e. The van der Waals surface area contributed by atoms with Crippen LogP contribution >= 0.6 is 0 Å². The van der Waals surface area contributed by atoms with Gasteiger partial charge in [0.15, 0.2) is 0 Å². The van der Waals surface area contributed by atoms with Crippen LogP contribution < -0.4 is 5.73 Å². The van der Waals surface area contributed by atoms with Gasteiger partial charge in [0.2, 0.25) is 0 Å². The Bertz CT molecular complexity index is 1100. The lowest BCUT2D eigenvalue weighted by Gasteiger charge is -2.62. The van der Waals surface area contributed by atoms with Crippen molar-refractivity contribution in [3.63, 3.8) is 0 Å². The maximum Gasteiger partial charge on any atom is 0.102 e. The van der Waals surface area contributed by atoms with E-state index in [4.69, 9.17) is 5.73 Å². The zero-order valence-corrected chi connectivity index (χ0v) is 22.3. The van der Waals surface area contributed by atoms with Gasteiger partial charge in [-0.05, 0) is 81.2 Å². The average Bonchev–Trinajstić information content (AvgIpc) is 3.22. The molecule has 200 valence electrons. The van der Waals surface area contributed by atoms with Crippen molar-refractivity contribution in [2.45, 2.75) is 79.5 Å². The van der Waals surface area contributed by atoms with Gasteiger partial charge in [-0.2, -0.15) is 0 Å². The molecule has 0 amide bonds. The van der Waals surface area contributed by atoms with E-state index >= 15 is 0 Å². The van der Waals surface area contributed by atoms with E-state index in [0.29, 0.717) is 24.9 Å². The highest BCUT2D eigenvalue weighted by molar-refractivity contribution is 5.41. The van der Waals surface area contributed by atoms with Crippen LogP contribution in [0.4, 0.5) is 4.39 Å². The van der Waals surface area contributed by atoms with Gasteiger partial charge in [0.25, 0.3) is 0 Å². The van der Waals surface area contributed by atoms with Crippen molar-refractivity contribution in [2.24, 2.45) is 11.7 Å². The molecule has 0 spiro atoms. The molecule has 6 heteroatoms. The van der Waals surface area contributed by atoms with Crippen LogP contribution in [0.3, 0.4) is 0 Å². The van der Waals surface area contributed by atoms with Crippen molar-refractivity contribution in [1.29, 1.82) is 0 Å². The Morgan fingerprint density at radius 1 is 1.14 bits per heavy atom. The summed E-state index contributed by atoms with van der Waals surface area (Å²) in [5, 5.41) is 11.8. The molecule has 3 heterocycles. The van der Waals surface area contributed by atoms with Gasteiger partial charge in [0.1, 0.15) is 6.67 Å². The average molecular weight is 507 g/mol. The first kappa shape index (κ1) is 24.3. The Balaban J connectivity index is 1.14. The topological polar surface area (TPSA) is 56.0 Å². The predicted molar refractivity (Wildman–Crippen MR) is 145 cm³/mol. The van der Waals surface area contributed by atoms with Gasteiger partial charge < -0.3 is 15.7 Å². The Morgan fingerprint density at radius 2 is 1.97 bits per heavy atom. The van der Waals surface area contributed by atoms with E-state index < -0.39 is 5.60 Å².